The Hall–Kier alpha value is -0.300. The van der Waals surface area contributed by atoms with Crippen molar-refractivity contribution in [1.29, 1.82) is 0 Å². The Morgan fingerprint density at radius 1 is 1.27 bits per heavy atom. The van der Waals surface area contributed by atoms with Gasteiger partial charge in [-0.15, -0.1) is 0 Å². The largest absolute Gasteiger partial charge is 0.291 e. The third-order valence-corrected chi connectivity index (χ3v) is 4.63. The SMILES string of the molecule is CC(C)/C=C/C1CCCN1C12CC(C1)C2. The fourth-order valence-electron chi connectivity index (χ4n) is 3.72. The molecule has 2 bridgehead atoms. The lowest BCUT2D eigenvalue weighted by molar-refractivity contribution is -0.143. The van der Waals surface area contributed by atoms with E-state index in [1.54, 1.807) is 0 Å². The van der Waals surface area contributed by atoms with E-state index in [1.165, 1.54) is 38.6 Å². The van der Waals surface area contributed by atoms with Gasteiger partial charge in [0.1, 0.15) is 0 Å². The van der Waals surface area contributed by atoms with Gasteiger partial charge in [-0.3, -0.25) is 4.90 Å². The topological polar surface area (TPSA) is 3.24 Å². The van der Waals surface area contributed by atoms with Crippen LogP contribution in [0, 0.1) is 11.8 Å². The highest BCUT2D eigenvalue weighted by Gasteiger charge is 2.61. The fraction of sp³-hybridized carbons (Fsp3) is 0.857. The molecule has 0 aromatic heterocycles. The van der Waals surface area contributed by atoms with Crippen LogP contribution in [0.1, 0.15) is 46.0 Å². The quantitative estimate of drug-likeness (QED) is 0.639. The second kappa shape index (κ2) is 3.35. The highest BCUT2D eigenvalue weighted by atomic mass is 15.3. The lowest BCUT2D eigenvalue weighted by Gasteiger charge is -2.67. The van der Waals surface area contributed by atoms with Crippen LogP contribution in [0.15, 0.2) is 12.2 Å². The predicted octanol–water partition coefficient (Wildman–Crippen LogP) is 3.22. The van der Waals surface area contributed by atoms with Gasteiger partial charge < -0.3 is 0 Å². The van der Waals surface area contributed by atoms with Crippen molar-refractivity contribution in [3.8, 4) is 0 Å². The first-order valence-electron chi connectivity index (χ1n) is 6.65. The fourth-order valence-corrected chi connectivity index (χ4v) is 3.72. The molecule has 3 saturated carbocycles. The van der Waals surface area contributed by atoms with Gasteiger partial charge in [-0.1, -0.05) is 26.0 Å². The average molecular weight is 205 g/mol. The van der Waals surface area contributed by atoms with E-state index in [0.29, 0.717) is 11.5 Å². The molecule has 0 aromatic carbocycles. The van der Waals surface area contributed by atoms with E-state index >= 15 is 0 Å². The first kappa shape index (κ1) is 9.89. The van der Waals surface area contributed by atoms with Gasteiger partial charge in [0.15, 0.2) is 0 Å². The van der Waals surface area contributed by atoms with Gasteiger partial charge in [-0.2, -0.15) is 0 Å². The number of hydrogen-bond acceptors (Lipinski definition) is 1. The van der Waals surface area contributed by atoms with E-state index in [1.807, 2.05) is 0 Å². The number of hydrogen-bond donors (Lipinski definition) is 0. The zero-order valence-corrected chi connectivity index (χ0v) is 10.1. The Kier molecular flexibility index (Phi) is 2.21. The summed E-state index contributed by atoms with van der Waals surface area (Å²) in [5.74, 6) is 1.82. The second-order valence-electron chi connectivity index (χ2n) is 6.23. The molecular weight excluding hydrogens is 182 g/mol. The Morgan fingerprint density at radius 2 is 2.00 bits per heavy atom. The summed E-state index contributed by atoms with van der Waals surface area (Å²) in [5.41, 5.74) is 0.688. The number of likely N-dealkylation sites (tertiary alicyclic amines) is 1. The Morgan fingerprint density at radius 3 is 2.53 bits per heavy atom. The molecule has 1 saturated heterocycles. The van der Waals surface area contributed by atoms with Crippen molar-refractivity contribution in [2.45, 2.75) is 57.5 Å². The van der Waals surface area contributed by atoms with Crippen molar-refractivity contribution in [3.63, 3.8) is 0 Å². The molecule has 1 unspecified atom stereocenters. The van der Waals surface area contributed by atoms with Gasteiger partial charge in [0.25, 0.3) is 0 Å². The van der Waals surface area contributed by atoms with Crippen molar-refractivity contribution < 1.29 is 0 Å². The molecule has 1 heterocycles. The average Bonchev–Trinajstić information content (AvgIpc) is 2.43. The van der Waals surface area contributed by atoms with Gasteiger partial charge in [-0.05, 0) is 50.5 Å². The van der Waals surface area contributed by atoms with E-state index in [2.05, 4.69) is 30.9 Å². The molecule has 4 fully saturated rings. The van der Waals surface area contributed by atoms with Crippen molar-refractivity contribution >= 4 is 0 Å². The first-order chi connectivity index (χ1) is 7.20. The lowest BCUT2D eigenvalue weighted by atomic mass is 9.49. The summed E-state index contributed by atoms with van der Waals surface area (Å²) in [4.78, 5) is 2.83. The summed E-state index contributed by atoms with van der Waals surface area (Å²) in [7, 11) is 0. The lowest BCUT2D eigenvalue weighted by Crippen LogP contribution is -2.68. The highest BCUT2D eigenvalue weighted by molar-refractivity contribution is 5.18. The van der Waals surface area contributed by atoms with Crippen molar-refractivity contribution in [2.24, 2.45) is 11.8 Å². The molecule has 15 heavy (non-hydrogen) atoms. The van der Waals surface area contributed by atoms with Crippen LogP contribution in [0.25, 0.3) is 0 Å². The summed E-state index contributed by atoms with van der Waals surface area (Å²) in [6, 6.07) is 0.772. The maximum Gasteiger partial charge on any atom is 0.0284 e. The van der Waals surface area contributed by atoms with Crippen LogP contribution >= 0.6 is 0 Å². The number of nitrogens with zero attached hydrogens (tertiary/aromatic N) is 1. The van der Waals surface area contributed by atoms with Crippen LogP contribution in [0.2, 0.25) is 0 Å². The minimum absolute atomic E-state index is 0.688. The molecule has 1 aliphatic heterocycles. The van der Waals surface area contributed by atoms with Gasteiger partial charge in [0.2, 0.25) is 0 Å². The number of rotatable bonds is 3. The third-order valence-electron chi connectivity index (χ3n) is 4.63. The molecular formula is C14H23N. The zero-order valence-electron chi connectivity index (χ0n) is 10.1. The standard InChI is InChI=1S/C14H23N/c1-11(2)5-6-13-4-3-7-15(13)14-8-12(9-14)10-14/h5-6,11-13H,3-4,7-10H2,1-2H3/b6-5+. The van der Waals surface area contributed by atoms with Gasteiger partial charge in [-0.25, -0.2) is 0 Å². The van der Waals surface area contributed by atoms with Crippen LogP contribution in [0.4, 0.5) is 0 Å². The van der Waals surface area contributed by atoms with Crippen molar-refractivity contribution in [2.75, 3.05) is 6.54 Å². The van der Waals surface area contributed by atoms with Gasteiger partial charge in [0, 0.05) is 11.6 Å². The maximum absolute atomic E-state index is 2.83. The van der Waals surface area contributed by atoms with Crippen LogP contribution in [0.3, 0.4) is 0 Å². The first-order valence-corrected chi connectivity index (χ1v) is 6.65. The minimum Gasteiger partial charge on any atom is -0.291 e. The molecule has 0 amide bonds. The van der Waals surface area contributed by atoms with E-state index in [9.17, 15) is 0 Å². The maximum atomic E-state index is 2.83. The summed E-state index contributed by atoms with van der Waals surface area (Å²) in [6.07, 6.45) is 12.2. The molecule has 3 aliphatic carbocycles. The summed E-state index contributed by atoms with van der Waals surface area (Å²) < 4.78 is 0. The highest BCUT2D eigenvalue weighted by Crippen LogP contribution is 2.61. The normalized spacial score (nSPS) is 44.7. The summed E-state index contributed by atoms with van der Waals surface area (Å²) >= 11 is 0. The Bertz CT molecular complexity index is 262. The molecule has 0 radical (unpaired) electrons. The molecule has 1 heteroatoms. The van der Waals surface area contributed by atoms with Crippen LogP contribution < -0.4 is 0 Å². The smallest absolute Gasteiger partial charge is 0.0284 e. The zero-order chi connectivity index (χ0) is 10.5. The second-order valence-corrected chi connectivity index (χ2v) is 6.23. The molecule has 1 atom stereocenters. The van der Waals surface area contributed by atoms with Crippen molar-refractivity contribution in [1.82, 2.24) is 4.90 Å². The molecule has 1 nitrogen and oxygen atoms in total. The van der Waals surface area contributed by atoms with Crippen molar-refractivity contribution in [3.05, 3.63) is 12.2 Å². The molecule has 0 N–H and O–H groups in total. The number of allylic oxidation sites excluding steroid dienone is 1. The third kappa shape index (κ3) is 1.47. The van der Waals surface area contributed by atoms with E-state index < -0.39 is 0 Å². The summed E-state index contributed by atoms with van der Waals surface area (Å²) in [5, 5.41) is 0. The van der Waals surface area contributed by atoms with Crippen LogP contribution in [-0.2, 0) is 0 Å². The van der Waals surface area contributed by atoms with Gasteiger partial charge >= 0.3 is 0 Å². The van der Waals surface area contributed by atoms with E-state index in [0.717, 1.165) is 12.0 Å². The predicted molar refractivity (Wildman–Crippen MR) is 63.8 cm³/mol. The molecule has 0 spiro atoms. The molecule has 0 aromatic rings. The molecule has 4 rings (SSSR count). The van der Waals surface area contributed by atoms with E-state index in [4.69, 9.17) is 0 Å². The monoisotopic (exact) mass is 205 g/mol. The summed E-state index contributed by atoms with van der Waals surface area (Å²) in [6.45, 7) is 5.91. The Balaban J connectivity index is 1.67. The molecule has 4 aliphatic rings. The van der Waals surface area contributed by atoms with Crippen LogP contribution in [0.5, 0.6) is 0 Å². The van der Waals surface area contributed by atoms with Gasteiger partial charge in [0.05, 0.1) is 0 Å². The Labute approximate surface area is 93.5 Å². The van der Waals surface area contributed by atoms with E-state index in [-0.39, 0.29) is 0 Å². The minimum atomic E-state index is 0.688. The molecule has 84 valence electrons. The van der Waals surface area contributed by atoms with Crippen LogP contribution in [-0.4, -0.2) is 23.0 Å².